The molecule has 0 bridgehead atoms. The van der Waals surface area contributed by atoms with Crippen molar-refractivity contribution in [3.63, 3.8) is 0 Å². The summed E-state index contributed by atoms with van der Waals surface area (Å²) in [4.78, 5) is 27.7. The predicted molar refractivity (Wildman–Crippen MR) is 90.5 cm³/mol. The van der Waals surface area contributed by atoms with Gasteiger partial charge in [-0.3, -0.25) is 10.1 Å². The summed E-state index contributed by atoms with van der Waals surface area (Å²) in [5, 5.41) is 10.8. The highest BCUT2D eigenvalue weighted by atomic mass is 16.5. The van der Waals surface area contributed by atoms with Crippen LogP contribution in [0.4, 0.5) is 4.79 Å². The SMILES string of the molecule is Cc1nn(-c2ccccc2)nc1C(=O)NC(=O)N1C[C@@H](C)O[C@H](C)C1. The molecule has 1 aromatic heterocycles. The summed E-state index contributed by atoms with van der Waals surface area (Å²) < 4.78 is 5.60. The molecule has 0 aliphatic carbocycles. The number of hydrogen-bond acceptors (Lipinski definition) is 5. The maximum Gasteiger partial charge on any atom is 0.324 e. The van der Waals surface area contributed by atoms with Gasteiger partial charge in [0.2, 0.25) is 0 Å². The van der Waals surface area contributed by atoms with Crippen LogP contribution in [0.15, 0.2) is 30.3 Å². The summed E-state index contributed by atoms with van der Waals surface area (Å²) in [6, 6.07) is 8.83. The van der Waals surface area contributed by atoms with Crippen molar-refractivity contribution in [2.45, 2.75) is 33.0 Å². The van der Waals surface area contributed by atoms with Crippen molar-refractivity contribution < 1.29 is 14.3 Å². The predicted octanol–water partition coefficient (Wildman–Crippen LogP) is 1.53. The maximum atomic E-state index is 12.4. The van der Waals surface area contributed by atoms with Crippen molar-refractivity contribution in [3.05, 3.63) is 41.7 Å². The molecule has 0 unspecified atom stereocenters. The fourth-order valence-electron chi connectivity index (χ4n) is 2.84. The molecule has 1 aliphatic rings. The van der Waals surface area contributed by atoms with Crippen LogP contribution in [0.2, 0.25) is 0 Å². The normalized spacial score (nSPS) is 20.4. The van der Waals surface area contributed by atoms with E-state index in [0.717, 1.165) is 5.69 Å². The number of hydrogen-bond donors (Lipinski definition) is 1. The molecule has 1 aliphatic heterocycles. The first-order valence-corrected chi connectivity index (χ1v) is 8.19. The number of aryl methyl sites for hydroxylation is 1. The number of imide groups is 1. The number of nitrogens with zero attached hydrogens (tertiary/aromatic N) is 4. The number of ether oxygens (including phenoxy) is 1. The van der Waals surface area contributed by atoms with Gasteiger partial charge in [0.05, 0.1) is 23.6 Å². The fraction of sp³-hybridized carbons (Fsp3) is 0.412. The highest BCUT2D eigenvalue weighted by molar-refractivity contribution is 6.03. The Morgan fingerprint density at radius 3 is 2.40 bits per heavy atom. The van der Waals surface area contributed by atoms with Crippen molar-refractivity contribution in [1.82, 2.24) is 25.2 Å². The fourth-order valence-corrected chi connectivity index (χ4v) is 2.84. The van der Waals surface area contributed by atoms with Gasteiger partial charge in [-0.25, -0.2) is 4.79 Å². The first-order valence-electron chi connectivity index (χ1n) is 8.19. The molecule has 3 amide bonds. The molecule has 0 radical (unpaired) electrons. The van der Waals surface area contributed by atoms with Gasteiger partial charge in [-0.1, -0.05) is 18.2 Å². The minimum absolute atomic E-state index is 0.0645. The number of benzene rings is 1. The van der Waals surface area contributed by atoms with Crippen LogP contribution >= 0.6 is 0 Å². The van der Waals surface area contributed by atoms with Crippen molar-refractivity contribution >= 4 is 11.9 Å². The number of carbonyl (C=O) groups is 2. The van der Waals surface area contributed by atoms with Crippen LogP contribution in [0, 0.1) is 6.92 Å². The van der Waals surface area contributed by atoms with E-state index in [0.29, 0.717) is 18.8 Å². The van der Waals surface area contributed by atoms with Crippen LogP contribution in [-0.4, -0.2) is 57.1 Å². The van der Waals surface area contributed by atoms with Gasteiger partial charge in [0.1, 0.15) is 0 Å². The minimum Gasteiger partial charge on any atom is -0.372 e. The van der Waals surface area contributed by atoms with E-state index in [2.05, 4.69) is 15.5 Å². The standard InChI is InChI=1S/C17H21N5O3/c1-11-9-21(10-12(2)25-11)17(24)18-16(23)15-13(3)19-22(20-15)14-7-5-4-6-8-14/h4-8,11-12H,9-10H2,1-3H3,(H,18,23,24)/t11-,12-/m1/s1. The van der Waals surface area contributed by atoms with E-state index in [4.69, 9.17) is 4.74 Å². The molecular formula is C17H21N5O3. The second kappa shape index (κ2) is 7.02. The van der Waals surface area contributed by atoms with E-state index in [1.165, 1.54) is 4.80 Å². The Balaban J connectivity index is 1.71. The molecule has 8 nitrogen and oxygen atoms in total. The third kappa shape index (κ3) is 3.85. The molecule has 3 rings (SSSR count). The molecule has 1 fully saturated rings. The largest absolute Gasteiger partial charge is 0.372 e. The number of para-hydroxylation sites is 1. The molecule has 1 N–H and O–H groups in total. The summed E-state index contributed by atoms with van der Waals surface area (Å²) in [6.45, 7) is 6.36. The summed E-state index contributed by atoms with van der Waals surface area (Å²) in [5.41, 5.74) is 1.33. The number of amides is 3. The number of aromatic nitrogens is 3. The summed E-state index contributed by atoms with van der Waals surface area (Å²) in [6.07, 6.45) is -0.129. The molecule has 132 valence electrons. The second-order valence-corrected chi connectivity index (χ2v) is 6.18. The Labute approximate surface area is 145 Å². The summed E-state index contributed by atoms with van der Waals surface area (Å²) >= 11 is 0. The van der Waals surface area contributed by atoms with Gasteiger partial charge in [0, 0.05) is 13.1 Å². The highest BCUT2D eigenvalue weighted by Crippen LogP contribution is 2.12. The average molecular weight is 343 g/mol. The number of morpholine rings is 1. The highest BCUT2D eigenvalue weighted by Gasteiger charge is 2.28. The lowest BCUT2D eigenvalue weighted by Gasteiger charge is -2.34. The van der Waals surface area contributed by atoms with Crippen LogP contribution < -0.4 is 5.32 Å². The summed E-state index contributed by atoms with van der Waals surface area (Å²) in [7, 11) is 0. The van der Waals surface area contributed by atoms with Crippen LogP contribution in [0.3, 0.4) is 0 Å². The molecule has 1 saturated heterocycles. The Bertz CT molecular complexity index is 764. The van der Waals surface area contributed by atoms with Crippen molar-refractivity contribution in [3.8, 4) is 5.69 Å². The Morgan fingerprint density at radius 2 is 1.76 bits per heavy atom. The molecule has 8 heteroatoms. The smallest absolute Gasteiger partial charge is 0.324 e. The lowest BCUT2D eigenvalue weighted by atomic mass is 10.2. The quantitative estimate of drug-likeness (QED) is 0.893. The number of rotatable bonds is 2. The van der Waals surface area contributed by atoms with Crippen molar-refractivity contribution in [2.75, 3.05) is 13.1 Å². The maximum absolute atomic E-state index is 12.4. The van der Waals surface area contributed by atoms with E-state index in [9.17, 15) is 9.59 Å². The zero-order chi connectivity index (χ0) is 18.0. The topological polar surface area (TPSA) is 89.3 Å². The Kier molecular flexibility index (Phi) is 4.80. The monoisotopic (exact) mass is 343 g/mol. The van der Waals surface area contributed by atoms with Gasteiger partial charge in [-0.05, 0) is 32.9 Å². The van der Waals surface area contributed by atoms with Crippen LogP contribution in [0.1, 0.15) is 30.0 Å². The molecule has 2 atom stereocenters. The van der Waals surface area contributed by atoms with Gasteiger partial charge < -0.3 is 9.64 Å². The van der Waals surface area contributed by atoms with Crippen molar-refractivity contribution in [1.29, 1.82) is 0 Å². The minimum atomic E-state index is -0.559. The first-order chi connectivity index (χ1) is 11.9. The van der Waals surface area contributed by atoms with Crippen LogP contribution in [-0.2, 0) is 4.74 Å². The van der Waals surface area contributed by atoms with Gasteiger partial charge >= 0.3 is 6.03 Å². The van der Waals surface area contributed by atoms with Crippen LogP contribution in [0.25, 0.3) is 5.69 Å². The molecule has 2 aromatic rings. The third-order valence-electron chi connectivity index (χ3n) is 3.91. The molecule has 25 heavy (non-hydrogen) atoms. The lowest BCUT2D eigenvalue weighted by molar-refractivity contribution is -0.0543. The van der Waals surface area contributed by atoms with E-state index in [1.54, 1.807) is 11.8 Å². The van der Waals surface area contributed by atoms with Gasteiger partial charge in [0.15, 0.2) is 5.69 Å². The van der Waals surface area contributed by atoms with E-state index < -0.39 is 11.9 Å². The first kappa shape index (κ1) is 17.1. The zero-order valence-corrected chi connectivity index (χ0v) is 14.5. The summed E-state index contributed by atoms with van der Waals surface area (Å²) in [5.74, 6) is -0.559. The number of nitrogens with one attached hydrogen (secondary N) is 1. The van der Waals surface area contributed by atoms with E-state index in [-0.39, 0.29) is 17.9 Å². The number of urea groups is 1. The third-order valence-corrected chi connectivity index (χ3v) is 3.91. The van der Waals surface area contributed by atoms with E-state index >= 15 is 0 Å². The second-order valence-electron chi connectivity index (χ2n) is 6.18. The Morgan fingerprint density at radius 1 is 1.12 bits per heavy atom. The van der Waals surface area contributed by atoms with Gasteiger partial charge in [0.25, 0.3) is 5.91 Å². The molecule has 0 spiro atoms. The average Bonchev–Trinajstić information content (AvgIpc) is 2.96. The lowest BCUT2D eigenvalue weighted by Crippen LogP contribution is -2.52. The Hall–Kier alpha value is -2.74. The van der Waals surface area contributed by atoms with E-state index in [1.807, 2.05) is 44.2 Å². The molecule has 2 heterocycles. The zero-order valence-electron chi connectivity index (χ0n) is 14.5. The number of carbonyl (C=O) groups excluding carboxylic acids is 2. The van der Waals surface area contributed by atoms with Gasteiger partial charge in [-0.15, -0.1) is 5.10 Å². The molecular weight excluding hydrogens is 322 g/mol. The van der Waals surface area contributed by atoms with Gasteiger partial charge in [-0.2, -0.15) is 9.90 Å². The molecule has 0 saturated carbocycles. The molecule has 1 aromatic carbocycles. The van der Waals surface area contributed by atoms with Crippen molar-refractivity contribution in [2.24, 2.45) is 0 Å². The van der Waals surface area contributed by atoms with Crippen LogP contribution in [0.5, 0.6) is 0 Å².